The normalized spacial score (nSPS) is 17.1. The van der Waals surface area contributed by atoms with E-state index in [2.05, 4.69) is 9.38 Å². The van der Waals surface area contributed by atoms with E-state index < -0.39 is 16.1 Å². The van der Waals surface area contributed by atoms with Crippen molar-refractivity contribution >= 4 is 40.4 Å². The zero-order valence-corrected chi connectivity index (χ0v) is 19.7. The Morgan fingerprint density at radius 3 is 2.45 bits per heavy atom. The van der Waals surface area contributed by atoms with E-state index in [1.54, 1.807) is 7.11 Å². The summed E-state index contributed by atoms with van der Waals surface area (Å²) in [5, 5.41) is 1.35. The number of nitrogens with zero attached hydrogens (tertiary/aromatic N) is 3. The lowest BCUT2D eigenvalue weighted by molar-refractivity contribution is 0.390. The van der Waals surface area contributed by atoms with Gasteiger partial charge < -0.3 is 9.29 Å². The van der Waals surface area contributed by atoms with Crippen molar-refractivity contribution in [1.29, 1.82) is 0 Å². The van der Waals surface area contributed by atoms with Gasteiger partial charge in [-0.1, -0.05) is 39.9 Å². The molecule has 1 aromatic carbocycles. The Labute approximate surface area is 185 Å². The van der Waals surface area contributed by atoms with E-state index in [1.165, 1.54) is 11.8 Å². The minimum atomic E-state index is -1.36. The molecule has 8 heteroatoms. The number of hydrogen-bond acceptors (Lipinski definition) is 6. The second-order valence-corrected chi connectivity index (χ2v) is 11.3. The van der Waals surface area contributed by atoms with Crippen molar-refractivity contribution in [3.8, 4) is 5.88 Å². The van der Waals surface area contributed by atoms with Gasteiger partial charge in [0.2, 0.25) is 5.88 Å². The molecule has 0 radical (unpaired) electrons. The molecule has 0 amide bonds. The molecular weight excluding hydrogens is 426 g/mol. The number of ether oxygens (including phenoxy) is 1. The Morgan fingerprint density at radius 2 is 1.93 bits per heavy atom. The molecule has 1 aliphatic rings. The highest BCUT2D eigenvalue weighted by Crippen LogP contribution is 2.51. The lowest BCUT2D eigenvalue weighted by atomic mass is 9.92. The average molecular weight is 452 g/mol. The number of halogens is 1. The van der Waals surface area contributed by atoms with Gasteiger partial charge in [0.1, 0.15) is 16.1 Å². The molecule has 2 aromatic rings. The third-order valence-electron chi connectivity index (χ3n) is 4.87. The lowest BCUT2D eigenvalue weighted by Crippen LogP contribution is -2.28. The Hall–Kier alpha value is -1.28. The highest BCUT2D eigenvalue weighted by atomic mass is 35.5. The number of thioether (sulfide) groups is 1. The van der Waals surface area contributed by atoms with E-state index in [0.29, 0.717) is 22.5 Å². The van der Waals surface area contributed by atoms with Crippen LogP contribution < -0.4 is 4.74 Å². The zero-order chi connectivity index (χ0) is 21.2. The summed E-state index contributed by atoms with van der Waals surface area (Å²) < 4.78 is 22.4. The van der Waals surface area contributed by atoms with Gasteiger partial charge in [-0.15, -0.1) is 0 Å². The SMILES string of the molecule is COc1cc(C2(C/C(=N/[S@@+]([O-])C(C)(C)C)c3ccc(Cl)cc3)CC2)nc(SC)n1. The van der Waals surface area contributed by atoms with Crippen LogP contribution in [0.1, 0.15) is 51.3 Å². The first kappa shape index (κ1) is 22.4. The van der Waals surface area contributed by atoms with Gasteiger partial charge in [0.05, 0.1) is 18.5 Å². The Bertz CT molecular complexity index is 872. The van der Waals surface area contributed by atoms with Gasteiger partial charge in [0, 0.05) is 28.5 Å². The first-order chi connectivity index (χ1) is 13.7. The van der Waals surface area contributed by atoms with Crippen molar-refractivity contribution in [1.82, 2.24) is 9.97 Å². The maximum atomic E-state index is 12.8. The summed E-state index contributed by atoms with van der Waals surface area (Å²) >= 11 is 6.21. The first-order valence-electron chi connectivity index (χ1n) is 9.40. The summed E-state index contributed by atoms with van der Waals surface area (Å²) in [6, 6.07) is 9.46. The number of methoxy groups -OCH3 is 1. The van der Waals surface area contributed by atoms with Crippen LogP contribution in [0.25, 0.3) is 0 Å². The van der Waals surface area contributed by atoms with Crippen molar-refractivity contribution in [2.75, 3.05) is 13.4 Å². The predicted molar refractivity (Wildman–Crippen MR) is 122 cm³/mol. The molecule has 1 aromatic heterocycles. The van der Waals surface area contributed by atoms with E-state index in [0.717, 1.165) is 29.8 Å². The molecular formula is C21H26ClN3O2S2. The van der Waals surface area contributed by atoms with E-state index in [9.17, 15) is 4.55 Å². The fourth-order valence-electron chi connectivity index (χ4n) is 2.93. The summed E-state index contributed by atoms with van der Waals surface area (Å²) in [7, 11) is 1.61. The number of hydrogen-bond donors (Lipinski definition) is 0. The van der Waals surface area contributed by atoms with Gasteiger partial charge in [0.15, 0.2) is 5.16 Å². The molecule has 1 fully saturated rings. The number of aromatic nitrogens is 2. The minimum absolute atomic E-state index is 0.138. The van der Waals surface area contributed by atoms with Crippen LogP contribution in [0, 0.1) is 0 Å². The molecule has 1 atom stereocenters. The Balaban J connectivity index is 1.99. The van der Waals surface area contributed by atoms with Crippen LogP contribution in [0.15, 0.2) is 39.9 Å². The molecule has 0 bridgehead atoms. The van der Waals surface area contributed by atoms with Crippen molar-refractivity contribution in [2.24, 2.45) is 4.40 Å². The zero-order valence-electron chi connectivity index (χ0n) is 17.4. The quantitative estimate of drug-likeness (QED) is 0.249. The summed E-state index contributed by atoms with van der Waals surface area (Å²) in [5.41, 5.74) is 2.57. The minimum Gasteiger partial charge on any atom is -0.591 e. The maximum absolute atomic E-state index is 12.8. The van der Waals surface area contributed by atoms with Gasteiger partial charge >= 0.3 is 0 Å². The molecule has 1 saturated carbocycles. The second kappa shape index (κ2) is 8.84. The summed E-state index contributed by atoms with van der Waals surface area (Å²) in [6.07, 6.45) is 4.60. The van der Waals surface area contributed by atoms with E-state index in [-0.39, 0.29) is 5.41 Å². The topological polar surface area (TPSA) is 70.4 Å². The molecule has 0 saturated heterocycles. The van der Waals surface area contributed by atoms with Gasteiger partial charge in [-0.3, -0.25) is 0 Å². The van der Waals surface area contributed by atoms with Crippen LogP contribution in [0.2, 0.25) is 5.02 Å². The lowest BCUT2D eigenvalue weighted by Gasteiger charge is -2.21. The van der Waals surface area contributed by atoms with E-state index >= 15 is 0 Å². The monoisotopic (exact) mass is 451 g/mol. The van der Waals surface area contributed by atoms with Crippen LogP contribution in [0.3, 0.4) is 0 Å². The highest BCUT2D eigenvalue weighted by Gasteiger charge is 2.48. The Kier molecular flexibility index (Phi) is 6.83. The fraction of sp³-hybridized carbons (Fsp3) is 0.476. The van der Waals surface area contributed by atoms with Gasteiger partial charge in [-0.05, 0) is 52.0 Å². The van der Waals surface area contributed by atoms with Crippen molar-refractivity contribution < 1.29 is 9.29 Å². The summed E-state index contributed by atoms with van der Waals surface area (Å²) in [5.74, 6) is 0.564. The van der Waals surface area contributed by atoms with Crippen molar-refractivity contribution in [2.45, 2.75) is 55.4 Å². The summed E-state index contributed by atoms with van der Waals surface area (Å²) in [4.78, 5) is 9.12. The van der Waals surface area contributed by atoms with E-state index in [1.807, 2.05) is 57.4 Å². The molecule has 1 heterocycles. The second-order valence-electron chi connectivity index (χ2n) is 8.15. The van der Waals surface area contributed by atoms with E-state index in [4.69, 9.17) is 21.3 Å². The molecule has 0 unspecified atom stereocenters. The van der Waals surface area contributed by atoms with Gasteiger partial charge in [-0.2, -0.15) is 4.98 Å². The van der Waals surface area contributed by atoms with Crippen LogP contribution in [0.5, 0.6) is 5.88 Å². The molecule has 156 valence electrons. The molecule has 1 aliphatic carbocycles. The van der Waals surface area contributed by atoms with Crippen molar-refractivity contribution in [3.63, 3.8) is 0 Å². The maximum Gasteiger partial charge on any atom is 0.217 e. The molecule has 3 rings (SSSR count). The molecule has 29 heavy (non-hydrogen) atoms. The smallest absolute Gasteiger partial charge is 0.217 e. The number of rotatable bonds is 7. The van der Waals surface area contributed by atoms with Gasteiger partial charge in [0.25, 0.3) is 0 Å². The van der Waals surface area contributed by atoms with Crippen LogP contribution in [0.4, 0.5) is 0 Å². The van der Waals surface area contributed by atoms with Crippen LogP contribution in [-0.4, -0.2) is 38.3 Å². The predicted octanol–water partition coefficient (Wildman–Crippen LogP) is 5.23. The van der Waals surface area contributed by atoms with Crippen molar-refractivity contribution in [3.05, 3.63) is 46.6 Å². The van der Waals surface area contributed by atoms with Gasteiger partial charge in [-0.25, -0.2) is 4.98 Å². The van der Waals surface area contributed by atoms with Crippen LogP contribution >= 0.6 is 23.4 Å². The molecule has 5 nitrogen and oxygen atoms in total. The molecule has 0 N–H and O–H groups in total. The first-order valence-corrected chi connectivity index (χ1v) is 12.1. The third kappa shape index (κ3) is 5.45. The third-order valence-corrected chi connectivity index (χ3v) is 7.10. The Morgan fingerprint density at radius 1 is 1.28 bits per heavy atom. The molecule has 0 aliphatic heterocycles. The number of benzene rings is 1. The standard InChI is InChI=1S/C21H26ClN3O2S2/c1-20(2,3)29(26)25-16(14-6-8-15(22)9-7-14)13-21(10-11-21)17-12-18(27-4)24-19(23-17)28-5/h6-9,12H,10-11,13H2,1-5H3/b25-16-/t29-/m0/s1. The largest absolute Gasteiger partial charge is 0.591 e. The molecule has 0 spiro atoms. The highest BCUT2D eigenvalue weighted by molar-refractivity contribution is 7.98. The fourth-order valence-corrected chi connectivity index (χ4v) is 4.07. The van der Waals surface area contributed by atoms with Crippen LogP contribution in [-0.2, 0) is 16.8 Å². The average Bonchev–Trinajstić information content (AvgIpc) is 3.47. The summed E-state index contributed by atoms with van der Waals surface area (Å²) in [6.45, 7) is 5.79.